The standard InChI is InChI=1S/C10H19O3/c1-3-6-10(13-9-11)7-4-5-8-12-2/h9-10H,1,3-8H2,2H3. The molecule has 0 heterocycles. The molecule has 0 spiro atoms. The average molecular weight is 187 g/mol. The lowest BCUT2D eigenvalue weighted by molar-refractivity contribution is -0.134. The van der Waals surface area contributed by atoms with Gasteiger partial charge in [-0.1, -0.05) is 6.92 Å². The Bertz CT molecular complexity index is 115. The van der Waals surface area contributed by atoms with Crippen LogP contribution in [0, 0.1) is 6.92 Å². The molecule has 0 saturated carbocycles. The fourth-order valence-corrected chi connectivity index (χ4v) is 1.21. The van der Waals surface area contributed by atoms with Gasteiger partial charge in [0.15, 0.2) is 0 Å². The van der Waals surface area contributed by atoms with Crippen LogP contribution in [0.5, 0.6) is 0 Å². The predicted octanol–water partition coefficient (Wildman–Crippen LogP) is 1.96. The van der Waals surface area contributed by atoms with Gasteiger partial charge in [-0.3, -0.25) is 4.79 Å². The smallest absolute Gasteiger partial charge is 0.293 e. The van der Waals surface area contributed by atoms with Gasteiger partial charge in [0.05, 0.1) is 0 Å². The van der Waals surface area contributed by atoms with E-state index in [0.29, 0.717) is 6.47 Å². The van der Waals surface area contributed by atoms with E-state index in [1.54, 1.807) is 7.11 Å². The van der Waals surface area contributed by atoms with Crippen molar-refractivity contribution in [3.8, 4) is 0 Å². The molecule has 0 aromatic carbocycles. The highest BCUT2D eigenvalue weighted by molar-refractivity contribution is 5.37. The first kappa shape index (κ1) is 12.4. The summed E-state index contributed by atoms with van der Waals surface area (Å²) in [7, 11) is 1.69. The van der Waals surface area contributed by atoms with E-state index in [9.17, 15) is 4.79 Å². The number of carbonyl (C=O) groups is 1. The van der Waals surface area contributed by atoms with Crippen LogP contribution in [0.15, 0.2) is 0 Å². The Balaban J connectivity index is 3.38. The number of unbranched alkanes of at least 4 members (excludes halogenated alkanes) is 1. The summed E-state index contributed by atoms with van der Waals surface area (Å²) >= 11 is 0. The van der Waals surface area contributed by atoms with Crippen LogP contribution in [-0.4, -0.2) is 26.3 Å². The van der Waals surface area contributed by atoms with Crippen molar-refractivity contribution in [3.63, 3.8) is 0 Å². The van der Waals surface area contributed by atoms with E-state index in [2.05, 4.69) is 6.92 Å². The SMILES string of the molecule is [CH2]CCC(CCCCOC)OC=O. The maximum Gasteiger partial charge on any atom is 0.293 e. The minimum absolute atomic E-state index is 0.0480. The van der Waals surface area contributed by atoms with Crippen LogP contribution in [0.1, 0.15) is 32.1 Å². The van der Waals surface area contributed by atoms with Gasteiger partial charge in [0.2, 0.25) is 0 Å². The second-order valence-electron chi connectivity index (χ2n) is 2.99. The molecule has 1 unspecified atom stereocenters. The first-order valence-electron chi connectivity index (χ1n) is 4.72. The molecule has 1 atom stereocenters. The zero-order chi connectivity index (χ0) is 9.94. The van der Waals surface area contributed by atoms with Crippen molar-refractivity contribution in [3.05, 3.63) is 6.92 Å². The Hall–Kier alpha value is -0.570. The average Bonchev–Trinajstić information content (AvgIpc) is 2.13. The van der Waals surface area contributed by atoms with Gasteiger partial charge in [-0.15, -0.1) is 0 Å². The van der Waals surface area contributed by atoms with E-state index in [0.717, 1.165) is 38.7 Å². The second kappa shape index (κ2) is 9.52. The third-order valence-electron chi connectivity index (χ3n) is 1.90. The van der Waals surface area contributed by atoms with Gasteiger partial charge in [-0.25, -0.2) is 0 Å². The van der Waals surface area contributed by atoms with Gasteiger partial charge in [0.1, 0.15) is 6.10 Å². The molecule has 0 aromatic heterocycles. The Kier molecular flexibility index (Phi) is 9.10. The summed E-state index contributed by atoms with van der Waals surface area (Å²) in [6.45, 7) is 5.03. The molecular weight excluding hydrogens is 168 g/mol. The van der Waals surface area contributed by atoms with Gasteiger partial charge in [0.25, 0.3) is 6.47 Å². The molecule has 0 aliphatic carbocycles. The third kappa shape index (κ3) is 7.78. The molecule has 1 radical (unpaired) electrons. The van der Waals surface area contributed by atoms with Crippen molar-refractivity contribution in [2.75, 3.05) is 13.7 Å². The van der Waals surface area contributed by atoms with Gasteiger partial charge < -0.3 is 9.47 Å². The Morgan fingerprint density at radius 2 is 2.15 bits per heavy atom. The molecule has 0 aliphatic heterocycles. The first-order chi connectivity index (χ1) is 6.35. The lowest BCUT2D eigenvalue weighted by atomic mass is 10.1. The molecule has 3 heteroatoms. The summed E-state index contributed by atoms with van der Waals surface area (Å²) in [6.07, 6.45) is 4.68. The largest absolute Gasteiger partial charge is 0.465 e. The summed E-state index contributed by atoms with van der Waals surface area (Å²) in [5.74, 6) is 0. The van der Waals surface area contributed by atoms with Gasteiger partial charge in [-0.2, -0.15) is 0 Å². The molecule has 0 bridgehead atoms. The zero-order valence-corrected chi connectivity index (χ0v) is 8.33. The van der Waals surface area contributed by atoms with Crippen LogP contribution < -0.4 is 0 Å². The second-order valence-corrected chi connectivity index (χ2v) is 2.99. The summed E-state index contributed by atoms with van der Waals surface area (Å²) in [4.78, 5) is 10.1. The summed E-state index contributed by atoms with van der Waals surface area (Å²) in [6, 6.07) is 0. The molecule has 0 amide bonds. The highest BCUT2D eigenvalue weighted by atomic mass is 16.5. The monoisotopic (exact) mass is 187 g/mol. The van der Waals surface area contributed by atoms with Gasteiger partial charge >= 0.3 is 0 Å². The van der Waals surface area contributed by atoms with Crippen molar-refractivity contribution in [1.29, 1.82) is 0 Å². The van der Waals surface area contributed by atoms with Crippen molar-refractivity contribution < 1.29 is 14.3 Å². The molecule has 0 aromatic rings. The minimum atomic E-state index is 0.0480. The van der Waals surface area contributed by atoms with E-state index in [1.807, 2.05) is 0 Å². The molecule has 3 nitrogen and oxygen atoms in total. The molecule has 0 aliphatic rings. The number of hydrogen-bond acceptors (Lipinski definition) is 3. The van der Waals surface area contributed by atoms with E-state index in [1.165, 1.54) is 0 Å². The lowest BCUT2D eigenvalue weighted by Gasteiger charge is -2.13. The molecule has 0 saturated heterocycles. The van der Waals surface area contributed by atoms with Crippen molar-refractivity contribution in [2.45, 2.75) is 38.2 Å². The highest BCUT2D eigenvalue weighted by Crippen LogP contribution is 2.09. The van der Waals surface area contributed by atoms with Crippen LogP contribution >= 0.6 is 0 Å². The van der Waals surface area contributed by atoms with Crippen LogP contribution in [0.25, 0.3) is 0 Å². The predicted molar refractivity (Wildman–Crippen MR) is 51.3 cm³/mol. The number of ether oxygens (including phenoxy) is 2. The molecule has 13 heavy (non-hydrogen) atoms. The molecule has 0 fully saturated rings. The van der Waals surface area contributed by atoms with Crippen LogP contribution in [0.2, 0.25) is 0 Å². The third-order valence-corrected chi connectivity index (χ3v) is 1.90. The van der Waals surface area contributed by atoms with Gasteiger partial charge in [0, 0.05) is 13.7 Å². The normalized spacial score (nSPS) is 12.5. The maximum atomic E-state index is 10.1. The molecule has 77 valence electrons. The number of carbonyl (C=O) groups excluding carboxylic acids is 1. The maximum absolute atomic E-state index is 10.1. The van der Waals surface area contributed by atoms with Gasteiger partial charge in [-0.05, 0) is 32.1 Å². The van der Waals surface area contributed by atoms with E-state index in [4.69, 9.17) is 9.47 Å². The Morgan fingerprint density at radius 1 is 1.38 bits per heavy atom. The fraction of sp³-hybridized carbons (Fsp3) is 0.800. The fourth-order valence-electron chi connectivity index (χ4n) is 1.21. The van der Waals surface area contributed by atoms with E-state index in [-0.39, 0.29) is 6.10 Å². The summed E-state index contributed by atoms with van der Waals surface area (Å²) in [5.41, 5.74) is 0. The molecule has 0 N–H and O–H groups in total. The van der Waals surface area contributed by atoms with Crippen LogP contribution in [0.3, 0.4) is 0 Å². The van der Waals surface area contributed by atoms with Crippen molar-refractivity contribution in [2.24, 2.45) is 0 Å². The van der Waals surface area contributed by atoms with Crippen molar-refractivity contribution >= 4 is 6.47 Å². The number of rotatable bonds is 9. The minimum Gasteiger partial charge on any atom is -0.465 e. The summed E-state index contributed by atoms with van der Waals surface area (Å²) in [5, 5.41) is 0. The van der Waals surface area contributed by atoms with E-state index >= 15 is 0 Å². The number of hydrogen-bond donors (Lipinski definition) is 0. The number of methoxy groups -OCH3 is 1. The zero-order valence-electron chi connectivity index (χ0n) is 8.33. The molecule has 0 rings (SSSR count). The Labute approximate surface area is 80.4 Å². The highest BCUT2D eigenvalue weighted by Gasteiger charge is 2.06. The topological polar surface area (TPSA) is 35.5 Å². The van der Waals surface area contributed by atoms with Crippen LogP contribution in [-0.2, 0) is 14.3 Å². The van der Waals surface area contributed by atoms with Crippen molar-refractivity contribution in [1.82, 2.24) is 0 Å². The van der Waals surface area contributed by atoms with Crippen LogP contribution in [0.4, 0.5) is 0 Å². The lowest BCUT2D eigenvalue weighted by Crippen LogP contribution is -2.11. The Morgan fingerprint density at radius 3 is 2.69 bits per heavy atom. The summed E-state index contributed by atoms with van der Waals surface area (Å²) < 4.78 is 9.82. The van der Waals surface area contributed by atoms with E-state index < -0.39 is 0 Å². The first-order valence-corrected chi connectivity index (χ1v) is 4.72. The molecular formula is C10H19O3. The quantitative estimate of drug-likeness (QED) is 0.409.